The minimum Gasteiger partial charge on any atom is -0.492 e. The van der Waals surface area contributed by atoms with Crippen LogP contribution in [0.4, 0.5) is 0 Å². The second kappa shape index (κ2) is 7.61. The summed E-state index contributed by atoms with van der Waals surface area (Å²) in [5.74, 6) is 0.998. The highest BCUT2D eigenvalue weighted by atomic mass is 79.9. The first kappa shape index (κ1) is 15.3. The third kappa shape index (κ3) is 4.70. The van der Waals surface area contributed by atoms with Gasteiger partial charge in [0.2, 0.25) is 0 Å². The average Bonchev–Trinajstić information content (AvgIpc) is 3.17. The van der Waals surface area contributed by atoms with Crippen molar-refractivity contribution >= 4 is 15.9 Å². The van der Waals surface area contributed by atoms with Gasteiger partial charge in [0.05, 0.1) is 17.2 Å². The standard InChI is InChI=1S/C17H24BrNO2/c18-16-7-1-4-13(12-19-14-8-9-14)17(16)21-11-3-6-15-5-2-10-20-15/h1,4,7,14-15,19H,2-3,5-6,8-12H2. The summed E-state index contributed by atoms with van der Waals surface area (Å²) in [7, 11) is 0. The number of rotatable bonds is 8. The first-order chi connectivity index (χ1) is 10.3. The zero-order valence-electron chi connectivity index (χ0n) is 12.4. The van der Waals surface area contributed by atoms with Crippen molar-refractivity contribution in [1.82, 2.24) is 5.32 Å². The smallest absolute Gasteiger partial charge is 0.137 e. The van der Waals surface area contributed by atoms with Crippen molar-refractivity contribution in [3.63, 3.8) is 0 Å². The number of benzene rings is 1. The summed E-state index contributed by atoms with van der Waals surface area (Å²) >= 11 is 3.61. The van der Waals surface area contributed by atoms with E-state index in [4.69, 9.17) is 9.47 Å². The molecule has 2 aliphatic rings. The molecule has 1 aromatic rings. The quantitative estimate of drug-likeness (QED) is 0.715. The van der Waals surface area contributed by atoms with Gasteiger partial charge in [-0.25, -0.2) is 0 Å². The second-order valence-corrected chi connectivity index (χ2v) is 6.86. The molecule has 3 rings (SSSR count). The third-order valence-electron chi connectivity index (χ3n) is 4.15. The van der Waals surface area contributed by atoms with Crippen molar-refractivity contribution in [2.45, 2.75) is 57.2 Å². The molecule has 1 saturated carbocycles. The number of halogens is 1. The predicted octanol–water partition coefficient (Wildman–Crippen LogP) is 4.04. The van der Waals surface area contributed by atoms with Gasteiger partial charge in [0.15, 0.2) is 0 Å². The molecule has 1 atom stereocenters. The fourth-order valence-corrected chi connectivity index (χ4v) is 3.28. The minimum absolute atomic E-state index is 0.462. The molecular formula is C17H24BrNO2. The average molecular weight is 354 g/mol. The first-order valence-electron chi connectivity index (χ1n) is 8.08. The van der Waals surface area contributed by atoms with E-state index in [9.17, 15) is 0 Å². The van der Waals surface area contributed by atoms with E-state index in [2.05, 4.69) is 39.4 Å². The molecule has 4 heteroatoms. The Balaban J connectivity index is 1.47. The zero-order valence-corrected chi connectivity index (χ0v) is 14.0. The highest BCUT2D eigenvalue weighted by Crippen LogP contribution is 2.30. The fourth-order valence-electron chi connectivity index (χ4n) is 2.75. The van der Waals surface area contributed by atoms with Gasteiger partial charge in [-0.2, -0.15) is 0 Å². The van der Waals surface area contributed by atoms with Crippen molar-refractivity contribution < 1.29 is 9.47 Å². The number of hydrogen-bond acceptors (Lipinski definition) is 3. The molecule has 116 valence electrons. The number of ether oxygens (including phenoxy) is 2. The SMILES string of the molecule is Brc1cccc(CNC2CC2)c1OCCCC1CCCO1. The summed E-state index contributed by atoms with van der Waals surface area (Å²) in [6.07, 6.45) is 7.68. The van der Waals surface area contributed by atoms with Crippen molar-refractivity contribution in [1.29, 1.82) is 0 Å². The fraction of sp³-hybridized carbons (Fsp3) is 0.647. The van der Waals surface area contributed by atoms with Crippen LogP contribution in [0.3, 0.4) is 0 Å². The normalized spacial score (nSPS) is 21.7. The molecule has 1 aliphatic carbocycles. The first-order valence-corrected chi connectivity index (χ1v) is 8.87. The van der Waals surface area contributed by atoms with Gasteiger partial charge in [0, 0.05) is 24.8 Å². The topological polar surface area (TPSA) is 30.5 Å². The van der Waals surface area contributed by atoms with Crippen LogP contribution in [-0.4, -0.2) is 25.4 Å². The highest BCUT2D eigenvalue weighted by molar-refractivity contribution is 9.10. The molecular weight excluding hydrogens is 330 g/mol. The molecule has 1 aliphatic heterocycles. The van der Waals surface area contributed by atoms with Gasteiger partial charge in [-0.15, -0.1) is 0 Å². The Kier molecular flexibility index (Phi) is 5.55. The minimum atomic E-state index is 0.462. The van der Waals surface area contributed by atoms with Gasteiger partial charge >= 0.3 is 0 Å². The van der Waals surface area contributed by atoms with Crippen molar-refractivity contribution in [3.05, 3.63) is 28.2 Å². The van der Waals surface area contributed by atoms with E-state index in [1.807, 2.05) is 0 Å². The lowest BCUT2D eigenvalue weighted by atomic mass is 10.1. The van der Waals surface area contributed by atoms with E-state index in [0.717, 1.165) is 48.9 Å². The van der Waals surface area contributed by atoms with E-state index >= 15 is 0 Å². The van der Waals surface area contributed by atoms with Crippen LogP contribution in [0.15, 0.2) is 22.7 Å². The molecule has 1 aromatic carbocycles. The number of para-hydroxylation sites is 1. The van der Waals surface area contributed by atoms with Crippen LogP contribution in [0.25, 0.3) is 0 Å². The molecule has 0 bridgehead atoms. The summed E-state index contributed by atoms with van der Waals surface area (Å²) in [6.45, 7) is 2.59. The molecule has 1 saturated heterocycles. The van der Waals surface area contributed by atoms with E-state index in [0.29, 0.717) is 6.10 Å². The van der Waals surface area contributed by atoms with Crippen LogP contribution < -0.4 is 10.1 Å². The van der Waals surface area contributed by atoms with Crippen LogP contribution in [0, 0.1) is 0 Å². The molecule has 3 nitrogen and oxygen atoms in total. The van der Waals surface area contributed by atoms with Gasteiger partial charge in [-0.1, -0.05) is 12.1 Å². The van der Waals surface area contributed by atoms with Gasteiger partial charge in [-0.05, 0) is 60.5 Å². The Morgan fingerprint density at radius 1 is 1.29 bits per heavy atom. The lowest BCUT2D eigenvalue weighted by Gasteiger charge is -2.15. The largest absolute Gasteiger partial charge is 0.492 e. The van der Waals surface area contributed by atoms with E-state index in [1.165, 1.54) is 31.2 Å². The van der Waals surface area contributed by atoms with Crippen LogP contribution in [0.1, 0.15) is 44.1 Å². The van der Waals surface area contributed by atoms with Gasteiger partial charge in [0.1, 0.15) is 5.75 Å². The van der Waals surface area contributed by atoms with Crippen LogP contribution in [0.5, 0.6) is 5.75 Å². The lowest BCUT2D eigenvalue weighted by Crippen LogP contribution is -2.16. The molecule has 21 heavy (non-hydrogen) atoms. The van der Waals surface area contributed by atoms with E-state index < -0.39 is 0 Å². The molecule has 0 amide bonds. The molecule has 2 fully saturated rings. The summed E-state index contributed by atoms with van der Waals surface area (Å²) < 4.78 is 12.7. The molecule has 0 radical (unpaired) electrons. The van der Waals surface area contributed by atoms with Crippen LogP contribution in [0.2, 0.25) is 0 Å². The van der Waals surface area contributed by atoms with E-state index in [-0.39, 0.29) is 0 Å². The Morgan fingerprint density at radius 3 is 2.95 bits per heavy atom. The Bertz CT molecular complexity index is 456. The van der Waals surface area contributed by atoms with Gasteiger partial charge in [-0.3, -0.25) is 0 Å². The lowest BCUT2D eigenvalue weighted by molar-refractivity contribution is 0.0980. The Morgan fingerprint density at radius 2 is 2.19 bits per heavy atom. The summed E-state index contributed by atoms with van der Waals surface area (Å²) in [4.78, 5) is 0. The van der Waals surface area contributed by atoms with Crippen LogP contribution in [-0.2, 0) is 11.3 Å². The zero-order chi connectivity index (χ0) is 14.5. The number of hydrogen-bond donors (Lipinski definition) is 1. The molecule has 1 heterocycles. The third-order valence-corrected chi connectivity index (χ3v) is 4.77. The Labute approximate surface area is 135 Å². The van der Waals surface area contributed by atoms with Crippen molar-refractivity contribution in [2.24, 2.45) is 0 Å². The van der Waals surface area contributed by atoms with Crippen LogP contribution >= 0.6 is 15.9 Å². The molecule has 0 spiro atoms. The van der Waals surface area contributed by atoms with E-state index in [1.54, 1.807) is 0 Å². The summed E-state index contributed by atoms with van der Waals surface area (Å²) in [5.41, 5.74) is 1.24. The van der Waals surface area contributed by atoms with Gasteiger partial charge < -0.3 is 14.8 Å². The predicted molar refractivity (Wildman–Crippen MR) is 87.7 cm³/mol. The van der Waals surface area contributed by atoms with Gasteiger partial charge in [0.25, 0.3) is 0 Å². The molecule has 1 N–H and O–H groups in total. The molecule has 1 unspecified atom stereocenters. The number of nitrogens with one attached hydrogen (secondary N) is 1. The maximum atomic E-state index is 6.04. The molecule has 0 aromatic heterocycles. The summed E-state index contributed by atoms with van der Waals surface area (Å²) in [5, 5.41) is 3.55. The highest BCUT2D eigenvalue weighted by Gasteiger charge is 2.21. The Hall–Kier alpha value is -0.580. The summed E-state index contributed by atoms with van der Waals surface area (Å²) in [6, 6.07) is 7.00. The second-order valence-electron chi connectivity index (χ2n) is 6.01. The monoisotopic (exact) mass is 353 g/mol. The maximum Gasteiger partial charge on any atom is 0.137 e. The van der Waals surface area contributed by atoms with Crippen molar-refractivity contribution in [3.8, 4) is 5.75 Å². The maximum absolute atomic E-state index is 6.04. The van der Waals surface area contributed by atoms with Crippen molar-refractivity contribution in [2.75, 3.05) is 13.2 Å².